The normalized spacial score (nSPS) is 15.0. The molecule has 28 heavy (non-hydrogen) atoms. The maximum Gasteiger partial charge on any atom is 0.0738 e. The summed E-state index contributed by atoms with van der Waals surface area (Å²) in [7, 11) is 0. The Labute approximate surface area is 179 Å². The van der Waals surface area contributed by atoms with Crippen molar-refractivity contribution in [1.29, 1.82) is 0 Å². The van der Waals surface area contributed by atoms with E-state index in [1.165, 1.54) is 61.8 Å². The molecule has 3 rings (SSSR count). The number of fused-ring (bicyclic) bond motifs is 2. The van der Waals surface area contributed by atoms with E-state index in [-0.39, 0.29) is 6.04 Å². The van der Waals surface area contributed by atoms with Crippen molar-refractivity contribution in [3.8, 4) is 0 Å². The third-order valence-corrected chi connectivity index (χ3v) is 6.43. The topological polar surface area (TPSA) is 64.9 Å². The molecule has 0 aliphatic heterocycles. The highest BCUT2D eigenvalue weighted by Gasteiger charge is 2.23. The van der Waals surface area contributed by atoms with Gasteiger partial charge in [0.25, 0.3) is 0 Å². The van der Waals surface area contributed by atoms with E-state index in [9.17, 15) is 0 Å². The summed E-state index contributed by atoms with van der Waals surface area (Å²) in [6, 6.07) is 3.75. The number of benzene rings is 1. The van der Waals surface area contributed by atoms with Crippen LogP contribution < -0.4 is 11.5 Å². The monoisotopic (exact) mass is 421 g/mol. The number of aryl methyl sites for hydroxylation is 1. The number of aromatic nitrogens is 1. The molecule has 0 amide bonds. The Bertz CT molecular complexity index is 791. The number of unbranched alkanes of at least 4 members (excludes halogenated alkanes) is 6. The van der Waals surface area contributed by atoms with Crippen LogP contribution in [0.25, 0.3) is 10.9 Å². The van der Waals surface area contributed by atoms with Crippen LogP contribution >= 0.6 is 23.2 Å². The molecular weight excluding hydrogens is 389 g/mol. The highest BCUT2D eigenvalue weighted by Crippen LogP contribution is 2.38. The van der Waals surface area contributed by atoms with Crippen LogP contribution in [-0.4, -0.2) is 11.5 Å². The lowest BCUT2D eigenvalue weighted by Crippen LogP contribution is -2.18. The lowest BCUT2D eigenvalue weighted by molar-refractivity contribution is 0.535. The predicted octanol–water partition coefficient (Wildman–Crippen LogP) is 6.50. The van der Waals surface area contributed by atoms with Gasteiger partial charge in [0.05, 0.1) is 10.5 Å². The van der Waals surface area contributed by atoms with Crippen LogP contribution in [0.15, 0.2) is 12.1 Å². The quantitative estimate of drug-likeness (QED) is 0.430. The summed E-state index contributed by atoms with van der Waals surface area (Å²) in [6.45, 7) is 0.812. The molecule has 2 aromatic rings. The second-order valence-electron chi connectivity index (χ2n) is 8.10. The molecule has 1 heterocycles. The first-order valence-corrected chi connectivity index (χ1v) is 11.6. The lowest BCUT2D eigenvalue weighted by Gasteiger charge is -2.25. The van der Waals surface area contributed by atoms with Crippen molar-refractivity contribution in [2.75, 3.05) is 6.54 Å². The Morgan fingerprint density at radius 2 is 1.61 bits per heavy atom. The van der Waals surface area contributed by atoms with Gasteiger partial charge in [-0.2, -0.15) is 0 Å². The molecule has 1 aliphatic rings. The molecule has 1 unspecified atom stereocenters. The Balaban J connectivity index is 1.72. The summed E-state index contributed by atoms with van der Waals surface area (Å²) in [4.78, 5) is 4.89. The van der Waals surface area contributed by atoms with Gasteiger partial charge in [-0.25, -0.2) is 0 Å². The van der Waals surface area contributed by atoms with E-state index in [1.54, 1.807) is 0 Å². The zero-order chi connectivity index (χ0) is 19.9. The Morgan fingerprint density at radius 1 is 0.929 bits per heavy atom. The lowest BCUT2D eigenvalue weighted by atomic mass is 9.85. The summed E-state index contributed by atoms with van der Waals surface area (Å²) in [6.07, 6.45) is 14.1. The van der Waals surface area contributed by atoms with Gasteiger partial charge in [-0.05, 0) is 68.3 Å². The van der Waals surface area contributed by atoms with Gasteiger partial charge in [-0.15, -0.1) is 0 Å². The van der Waals surface area contributed by atoms with Crippen LogP contribution in [0, 0.1) is 0 Å². The second kappa shape index (κ2) is 10.8. The number of rotatable bonds is 10. The minimum atomic E-state index is 0.00765. The minimum absolute atomic E-state index is 0.00765. The number of hydrogen-bond acceptors (Lipinski definition) is 3. The number of halogens is 2. The van der Waals surface area contributed by atoms with Crippen molar-refractivity contribution in [3.63, 3.8) is 0 Å². The van der Waals surface area contributed by atoms with Gasteiger partial charge < -0.3 is 11.5 Å². The molecule has 0 radical (unpaired) electrons. The molecule has 1 aromatic heterocycles. The van der Waals surface area contributed by atoms with Gasteiger partial charge >= 0.3 is 0 Å². The standard InChI is InChI=1S/C23H33Cl2N3/c24-16-14-18(25)23-21(15-16)28-20-12-8-7-10-17(20)22(23)19(27)11-6-4-2-1-3-5-9-13-26/h14-15,19H,1-13,26-27H2. The fraction of sp³-hybridized carbons (Fsp3) is 0.609. The Kier molecular flexibility index (Phi) is 8.40. The van der Waals surface area contributed by atoms with Crippen molar-refractivity contribution in [1.82, 2.24) is 4.98 Å². The Morgan fingerprint density at radius 3 is 2.36 bits per heavy atom. The van der Waals surface area contributed by atoms with Crippen molar-refractivity contribution in [3.05, 3.63) is 39.0 Å². The first-order chi connectivity index (χ1) is 13.6. The van der Waals surface area contributed by atoms with E-state index in [0.29, 0.717) is 10.0 Å². The molecule has 5 heteroatoms. The van der Waals surface area contributed by atoms with Gasteiger partial charge in [0.15, 0.2) is 0 Å². The number of pyridine rings is 1. The predicted molar refractivity (Wildman–Crippen MR) is 121 cm³/mol. The average molecular weight is 422 g/mol. The molecule has 0 bridgehead atoms. The number of hydrogen-bond donors (Lipinski definition) is 2. The van der Waals surface area contributed by atoms with Gasteiger partial charge in [0, 0.05) is 22.1 Å². The molecule has 3 nitrogen and oxygen atoms in total. The molecular formula is C23H33Cl2N3. The molecule has 0 saturated heterocycles. The maximum absolute atomic E-state index is 6.74. The summed E-state index contributed by atoms with van der Waals surface area (Å²) >= 11 is 12.8. The first kappa shape index (κ1) is 21.8. The van der Waals surface area contributed by atoms with E-state index in [1.807, 2.05) is 12.1 Å². The zero-order valence-corrected chi connectivity index (χ0v) is 18.3. The fourth-order valence-corrected chi connectivity index (χ4v) is 5.04. The SMILES string of the molecule is NCCCCCCCCCC(N)c1c2c(nc3cc(Cl)cc(Cl)c13)CCCC2. The van der Waals surface area contributed by atoms with Crippen LogP contribution in [-0.2, 0) is 12.8 Å². The number of nitrogens with two attached hydrogens (primary N) is 2. The molecule has 154 valence electrons. The van der Waals surface area contributed by atoms with E-state index in [2.05, 4.69) is 0 Å². The third-order valence-electron chi connectivity index (χ3n) is 5.91. The van der Waals surface area contributed by atoms with Crippen LogP contribution in [0.5, 0.6) is 0 Å². The summed E-state index contributed by atoms with van der Waals surface area (Å²) in [5.74, 6) is 0. The van der Waals surface area contributed by atoms with Gasteiger partial charge in [-0.3, -0.25) is 4.98 Å². The van der Waals surface area contributed by atoms with Crippen molar-refractivity contribution < 1.29 is 0 Å². The molecule has 1 aromatic carbocycles. The van der Waals surface area contributed by atoms with E-state index < -0.39 is 0 Å². The first-order valence-electron chi connectivity index (χ1n) is 10.9. The van der Waals surface area contributed by atoms with Gasteiger partial charge in [-0.1, -0.05) is 61.7 Å². The van der Waals surface area contributed by atoms with Crippen molar-refractivity contribution in [2.45, 2.75) is 83.1 Å². The van der Waals surface area contributed by atoms with Crippen LogP contribution in [0.4, 0.5) is 0 Å². The van der Waals surface area contributed by atoms with Crippen LogP contribution in [0.3, 0.4) is 0 Å². The second-order valence-corrected chi connectivity index (χ2v) is 8.94. The number of nitrogens with zero attached hydrogens (tertiary/aromatic N) is 1. The van der Waals surface area contributed by atoms with Crippen LogP contribution in [0.2, 0.25) is 10.0 Å². The molecule has 0 fully saturated rings. The fourth-order valence-electron chi connectivity index (χ4n) is 4.46. The van der Waals surface area contributed by atoms with Crippen molar-refractivity contribution in [2.24, 2.45) is 11.5 Å². The highest BCUT2D eigenvalue weighted by atomic mass is 35.5. The summed E-state index contributed by atoms with van der Waals surface area (Å²) in [5, 5.41) is 2.32. The van der Waals surface area contributed by atoms with Crippen LogP contribution in [0.1, 0.15) is 87.1 Å². The van der Waals surface area contributed by atoms with E-state index in [0.717, 1.165) is 49.6 Å². The smallest absolute Gasteiger partial charge is 0.0738 e. The summed E-state index contributed by atoms with van der Waals surface area (Å²) < 4.78 is 0. The molecule has 1 atom stereocenters. The van der Waals surface area contributed by atoms with E-state index >= 15 is 0 Å². The zero-order valence-electron chi connectivity index (χ0n) is 16.8. The van der Waals surface area contributed by atoms with Gasteiger partial charge in [0.2, 0.25) is 0 Å². The highest BCUT2D eigenvalue weighted by molar-refractivity contribution is 6.38. The molecule has 0 spiro atoms. The third kappa shape index (κ3) is 5.38. The largest absolute Gasteiger partial charge is 0.330 e. The average Bonchev–Trinajstić information content (AvgIpc) is 2.68. The maximum atomic E-state index is 6.74. The minimum Gasteiger partial charge on any atom is -0.330 e. The van der Waals surface area contributed by atoms with Gasteiger partial charge in [0.1, 0.15) is 0 Å². The van der Waals surface area contributed by atoms with E-state index in [4.69, 9.17) is 39.7 Å². The molecule has 4 N–H and O–H groups in total. The summed E-state index contributed by atoms with van der Waals surface area (Å²) in [5.41, 5.74) is 17.0. The molecule has 0 saturated carbocycles. The Hall–Kier alpha value is -0.870. The van der Waals surface area contributed by atoms with Crippen molar-refractivity contribution >= 4 is 34.1 Å². The molecule has 1 aliphatic carbocycles.